The van der Waals surface area contributed by atoms with Crippen LogP contribution in [0.3, 0.4) is 0 Å². The second-order valence-electron chi connectivity index (χ2n) is 7.54. The fraction of sp³-hybridized carbons (Fsp3) is 0.0800. The zero-order chi connectivity index (χ0) is 26.3. The van der Waals surface area contributed by atoms with Gasteiger partial charge in [0.05, 0.1) is 16.2 Å². The molecule has 0 unspecified atom stereocenters. The van der Waals surface area contributed by atoms with E-state index in [1.54, 1.807) is 12.1 Å². The molecule has 2 aromatic carbocycles. The van der Waals surface area contributed by atoms with E-state index in [4.69, 9.17) is 11.6 Å². The van der Waals surface area contributed by atoms with E-state index < -0.39 is 10.0 Å². The molecule has 0 atom stereocenters. The third-order valence-corrected chi connectivity index (χ3v) is 7.50. The molecule has 12 heteroatoms. The molecule has 0 saturated carbocycles. The highest BCUT2D eigenvalue weighted by Gasteiger charge is 2.16. The zero-order valence-electron chi connectivity index (χ0n) is 19.1. The summed E-state index contributed by atoms with van der Waals surface area (Å²) in [5.41, 5.74) is 2.58. The molecule has 1 amide bonds. The third-order valence-electron chi connectivity index (χ3n) is 4.94. The van der Waals surface area contributed by atoms with Gasteiger partial charge in [-0.25, -0.2) is 13.4 Å². The Morgan fingerprint density at radius 2 is 1.73 bits per heavy atom. The van der Waals surface area contributed by atoms with Crippen LogP contribution in [0.1, 0.15) is 12.0 Å². The smallest absolute Gasteiger partial charge is 0.263 e. The van der Waals surface area contributed by atoms with Crippen LogP contribution in [0.25, 0.3) is 11.3 Å². The van der Waals surface area contributed by atoms with Crippen LogP contribution >= 0.6 is 23.4 Å². The molecule has 0 spiro atoms. The van der Waals surface area contributed by atoms with Crippen LogP contribution < -0.4 is 10.0 Å². The van der Waals surface area contributed by atoms with E-state index in [2.05, 4.69) is 31.3 Å². The van der Waals surface area contributed by atoms with E-state index in [-0.39, 0.29) is 28.2 Å². The molecule has 0 saturated heterocycles. The quantitative estimate of drug-likeness (QED) is 0.278. The maximum Gasteiger partial charge on any atom is 0.263 e. The second kappa shape index (κ2) is 11.8. The monoisotopic (exact) mass is 550 g/mol. The number of hydrogen-bond donors (Lipinski definition) is 2. The summed E-state index contributed by atoms with van der Waals surface area (Å²) in [4.78, 5) is 17.0. The van der Waals surface area contributed by atoms with Crippen molar-refractivity contribution in [3.05, 3.63) is 89.6 Å². The van der Waals surface area contributed by atoms with Crippen LogP contribution in [-0.2, 0) is 14.8 Å². The summed E-state index contributed by atoms with van der Waals surface area (Å²) < 4.78 is 27.4. The Bertz CT molecular complexity index is 1540. The van der Waals surface area contributed by atoms with Gasteiger partial charge in [0.15, 0.2) is 11.0 Å². The summed E-state index contributed by atoms with van der Waals surface area (Å²) in [6.07, 6.45) is 0.170. The highest BCUT2D eigenvalue weighted by Crippen LogP contribution is 2.26. The van der Waals surface area contributed by atoms with E-state index in [9.17, 15) is 18.5 Å². The predicted octanol–water partition coefficient (Wildman–Crippen LogP) is 4.99. The summed E-state index contributed by atoms with van der Waals surface area (Å²) in [5, 5.41) is 20.1. The molecule has 0 radical (unpaired) electrons. The molecule has 0 fully saturated rings. The lowest BCUT2D eigenvalue weighted by Gasteiger charge is -2.09. The number of pyridine rings is 1. The Balaban J connectivity index is 1.33. The van der Waals surface area contributed by atoms with E-state index in [1.807, 2.05) is 30.3 Å². The number of aromatic nitrogens is 3. The van der Waals surface area contributed by atoms with Crippen molar-refractivity contribution in [1.82, 2.24) is 15.2 Å². The Kier molecular flexibility index (Phi) is 8.35. The molecule has 4 rings (SSSR count). The largest absolute Gasteiger partial charge is 0.326 e. The number of carbonyl (C=O) groups is 1. The summed E-state index contributed by atoms with van der Waals surface area (Å²) in [7, 11) is -3.89. The van der Waals surface area contributed by atoms with Crippen molar-refractivity contribution < 1.29 is 13.2 Å². The fourth-order valence-corrected chi connectivity index (χ4v) is 5.16. The van der Waals surface area contributed by atoms with Crippen molar-refractivity contribution >= 4 is 50.8 Å². The second-order valence-corrected chi connectivity index (χ2v) is 10.7. The zero-order valence-corrected chi connectivity index (χ0v) is 21.5. The lowest BCUT2D eigenvalue weighted by atomic mass is 10.1. The molecule has 2 N–H and O–H groups in total. The molecule has 0 aliphatic rings. The third kappa shape index (κ3) is 7.04. The standard InChI is InChI=1S/C25H19ClN6O3S2/c26-22-12-13-23(31-30-22)32-37(34,35)20-9-7-19(8-10-20)28-24(33)14-15-36-25-18(16-27)6-11-21(29-25)17-4-2-1-3-5-17/h1-13H,14-15H2,(H,28,33)(H,31,32). The first kappa shape index (κ1) is 26.1. The van der Waals surface area contributed by atoms with Crippen LogP contribution in [0.4, 0.5) is 11.5 Å². The number of sulfonamides is 1. The van der Waals surface area contributed by atoms with Crippen LogP contribution in [0.2, 0.25) is 5.15 Å². The van der Waals surface area contributed by atoms with E-state index in [0.29, 0.717) is 22.0 Å². The first-order valence-corrected chi connectivity index (χ1v) is 13.7. The van der Waals surface area contributed by atoms with Crippen LogP contribution in [0, 0.1) is 11.3 Å². The van der Waals surface area contributed by atoms with Gasteiger partial charge in [-0.15, -0.1) is 22.0 Å². The van der Waals surface area contributed by atoms with Gasteiger partial charge in [0, 0.05) is 23.4 Å². The Hall–Kier alpha value is -3.98. The minimum Gasteiger partial charge on any atom is -0.326 e. The van der Waals surface area contributed by atoms with Crippen molar-refractivity contribution in [2.75, 3.05) is 15.8 Å². The number of rotatable bonds is 9. The number of anilines is 2. The average Bonchev–Trinajstić information content (AvgIpc) is 2.90. The molecule has 0 bridgehead atoms. The van der Waals surface area contributed by atoms with Crippen molar-refractivity contribution in [3.63, 3.8) is 0 Å². The molecule has 4 aromatic rings. The molecule has 2 aromatic heterocycles. The van der Waals surface area contributed by atoms with Gasteiger partial charge in [0.1, 0.15) is 11.1 Å². The van der Waals surface area contributed by atoms with Gasteiger partial charge in [-0.3, -0.25) is 9.52 Å². The van der Waals surface area contributed by atoms with Crippen LogP contribution in [0.5, 0.6) is 0 Å². The van der Waals surface area contributed by atoms with Gasteiger partial charge in [0.25, 0.3) is 10.0 Å². The number of nitrogens with zero attached hydrogens (tertiary/aromatic N) is 4. The maximum atomic E-state index is 12.5. The first-order valence-electron chi connectivity index (χ1n) is 10.9. The Morgan fingerprint density at radius 3 is 2.41 bits per heavy atom. The van der Waals surface area contributed by atoms with Gasteiger partial charge >= 0.3 is 0 Å². The number of nitriles is 1. The summed E-state index contributed by atoms with van der Waals surface area (Å²) >= 11 is 6.99. The van der Waals surface area contributed by atoms with Gasteiger partial charge in [-0.1, -0.05) is 41.9 Å². The molecular formula is C25H19ClN6O3S2. The molecule has 186 valence electrons. The van der Waals surface area contributed by atoms with Crippen LogP contribution in [-0.4, -0.2) is 35.3 Å². The number of amides is 1. The van der Waals surface area contributed by atoms with Crippen molar-refractivity contribution in [2.24, 2.45) is 0 Å². The highest BCUT2D eigenvalue weighted by atomic mass is 35.5. The van der Waals surface area contributed by atoms with Crippen LogP contribution in [0.15, 0.2) is 88.8 Å². The Labute approximate surface area is 223 Å². The lowest BCUT2D eigenvalue weighted by Crippen LogP contribution is -2.15. The van der Waals surface area contributed by atoms with Crippen molar-refractivity contribution in [3.8, 4) is 17.3 Å². The number of thioether (sulfide) groups is 1. The van der Waals surface area contributed by atoms with Gasteiger partial charge < -0.3 is 5.32 Å². The van der Waals surface area contributed by atoms with Crippen molar-refractivity contribution in [2.45, 2.75) is 16.3 Å². The maximum absolute atomic E-state index is 12.5. The lowest BCUT2D eigenvalue weighted by molar-refractivity contribution is -0.115. The minimum atomic E-state index is -3.89. The molecule has 0 aliphatic carbocycles. The summed E-state index contributed by atoms with van der Waals surface area (Å²) in [6.45, 7) is 0. The SMILES string of the molecule is N#Cc1ccc(-c2ccccc2)nc1SCCC(=O)Nc1ccc(S(=O)(=O)Nc2ccc(Cl)nn2)cc1. The average molecular weight is 551 g/mol. The normalized spacial score (nSPS) is 10.9. The Morgan fingerprint density at radius 1 is 0.973 bits per heavy atom. The molecule has 2 heterocycles. The van der Waals surface area contributed by atoms with E-state index in [0.717, 1.165) is 11.3 Å². The van der Waals surface area contributed by atoms with E-state index in [1.165, 1.54) is 48.2 Å². The number of halogens is 1. The van der Waals surface area contributed by atoms with Gasteiger partial charge in [0.2, 0.25) is 5.91 Å². The number of carbonyl (C=O) groups excluding carboxylic acids is 1. The summed E-state index contributed by atoms with van der Waals surface area (Å²) in [6, 6.07) is 23.8. The number of benzene rings is 2. The number of nitrogens with one attached hydrogen (secondary N) is 2. The van der Waals surface area contributed by atoms with E-state index >= 15 is 0 Å². The minimum absolute atomic E-state index is 0.00814. The number of hydrogen-bond acceptors (Lipinski definition) is 8. The van der Waals surface area contributed by atoms with Gasteiger partial charge in [-0.2, -0.15) is 5.26 Å². The first-order chi connectivity index (χ1) is 17.8. The highest BCUT2D eigenvalue weighted by molar-refractivity contribution is 7.99. The topological polar surface area (TPSA) is 138 Å². The fourth-order valence-electron chi connectivity index (χ4n) is 3.15. The molecule has 37 heavy (non-hydrogen) atoms. The molecule has 0 aliphatic heterocycles. The van der Waals surface area contributed by atoms with Gasteiger partial charge in [-0.05, 0) is 48.5 Å². The molecular weight excluding hydrogens is 532 g/mol. The summed E-state index contributed by atoms with van der Waals surface area (Å²) in [5.74, 6) is 0.183. The predicted molar refractivity (Wildman–Crippen MR) is 143 cm³/mol. The molecule has 9 nitrogen and oxygen atoms in total. The van der Waals surface area contributed by atoms with Crippen molar-refractivity contribution in [1.29, 1.82) is 5.26 Å².